The van der Waals surface area contributed by atoms with Crippen molar-refractivity contribution in [3.63, 3.8) is 0 Å². The Morgan fingerprint density at radius 2 is 2.15 bits per heavy atom. The van der Waals surface area contributed by atoms with Crippen LogP contribution in [0.15, 0.2) is 46.8 Å². The lowest BCUT2D eigenvalue weighted by molar-refractivity contribution is -0.116. The van der Waals surface area contributed by atoms with Crippen molar-refractivity contribution in [3.05, 3.63) is 63.1 Å². The van der Waals surface area contributed by atoms with Gasteiger partial charge in [0.25, 0.3) is 5.56 Å². The number of anilines is 1. The van der Waals surface area contributed by atoms with Crippen molar-refractivity contribution in [1.29, 1.82) is 0 Å². The third kappa shape index (κ3) is 3.64. The molecule has 0 fully saturated rings. The topological polar surface area (TPSA) is 76.9 Å². The Morgan fingerprint density at radius 1 is 1.30 bits per heavy atom. The second-order valence-electron chi connectivity index (χ2n) is 5.84. The van der Waals surface area contributed by atoms with Crippen LogP contribution < -0.4 is 10.9 Å². The summed E-state index contributed by atoms with van der Waals surface area (Å²) in [5.74, 6) is -0.930. The molecule has 1 amide bonds. The third-order valence-corrected chi connectivity index (χ3v) is 5.62. The Bertz CT molecular complexity index is 1210. The number of thiophene rings is 1. The number of aromatic nitrogens is 3. The van der Waals surface area contributed by atoms with E-state index < -0.39 is 17.3 Å². The summed E-state index contributed by atoms with van der Waals surface area (Å²) in [6.45, 7) is 1.79. The van der Waals surface area contributed by atoms with Gasteiger partial charge in [-0.15, -0.1) is 22.7 Å². The van der Waals surface area contributed by atoms with Gasteiger partial charge in [0.05, 0.1) is 27.8 Å². The summed E-state index contributed by atoms with van der Waals surface area (Å²) in [6.07, 6.45) is 1.28. The average Bonchev–Trinajstić information content (AvgIpc) is 3.27. The van der Waals surface area contributed by atoms with E-state index in [9.17, 15) is 14.0 Å². The van der Waals surface area contributed by atoms with Crippen molar-refractivity contribution in [2.24, 2.45) is 0 Å². The van der Waals surface area contributed by atoms with Crippen LogP contribution in [-0.2, 0) is 11.3 Å². The van der Waals surface area contributed by atoms with Gasteiger partial charge < -0.3 is 5.32 Å². The van der Waals surface area contributed by atoms with E-state index in [1.54, 1.807) is 11.3 Å². The first kappa shape index (κ1) is 17.5. The van der Waals surface area contributed by atoms with E-state index in [2.05, 4.69) is 15.3 Å². The van der Waals surface area contributed by atoms with Crippen molar-refractivity contribution in [3.8, 4) is 10.6 Å². The highest BCUT2D eigenvalue weighted by Crippen LogP contribution is 2.30. The molecule has 0 aliphatic rings. The number of amides is 1. The number of benzene rings is 1. The quantitative estimate of drug-likeness (QED) is 0.567. The maximum absolute atomic E-state index is 13.4. The van der Waals surface area contributed by atoms with Crippen LogP contribution >= 0.6 is 22.7 Å². The molecular formula is C18H13FN4O2S2. The van der Waals surface area contributed by atoms with Gasteiger partial charge in [0, 0.05) is 10.3 Å². The molecule has 0 radical (unpaired) electrons. The first-order chi connectivity index (χ1) is 13.0. The molecule has 0 spiro atoms. The van der Waals surface area contributed by atoms with Gasteiger partial charge in [-0.1, -0.05) is 0 Å². The van der Waals surface area contributed by atoms with Gasteiger partial charge in [0.15, 0.2) is 5.13 Å². The molecule has 1 aromatic carbocycles. The molecule has 4 rings (SSSR count). The fourth-order valence-electron chi connectivity index (χ4n) is 2.57. The van der Waals surface area contributed by atoms with Gasteiger partial charge in [-0.3, -0.25) is 14.2 Å². The summed E-state index contributed by atoms with van der Waals surface area (Å²) < 4.78 is 14.5. The van der Waals surface area contributed by atoms with Crippen LogP contribution in [0.5, 0.6) is 0 Å². The van der Waals surface area contributed by atoms with Gasteiger partial charge in [0.1, 0.15) is 12.4 Å². The first-order valence-corrected chi connectivity index (χ1v) is 9.66. The number of nitrogens with zero attached hydrogens (tertiary/aromatic N) is 3. The molecule has 3 aromatic heterocycles. The van der Waals surface area contributed by atoms with Gasteiger partial charge in [-0.25, -0.2) is 14.4 Å². The Morgan fingerprint density at radius 3 is 2.93 bits per heavy atom. The highest BCUT2D eigenvalue weighted by Gasteiger charge is 2.12. The van der Waals surface area contributed by atoms with Gasteiger partial charge in [0.2, 0.25) is 5.91 Å². The lowest BCUT2D eigenvalue weighted by Gasteiger charge is -2.06. The number of hydrogen-bond donors (Lipinski definition) is 1. The summed E-state index contributed by atoms with van der Waals surface area (Å²) in [7, 11) is 0. The molecule has 0 aliphatic carbocycles. The second-order valence-corrected chi connectivity index (χ2v) is 7.98. The normalized spacial score (nSPS) is 11.0. The van der Waals surface area contributed by atoms with E-state index in [4.69, 9.17) is 0 Å². The van der Waals surface area contributed by atoms with E-state index in [1.807, 2.05) is 24.4 Å². The summed E-state index contributed by atoms with van der Waals surface area (Å²) >= 11 is 2.94. The van der Waals surface area contributed by atoms with E-state index in [0.717, 1.165) is 21.2 Å². The Labute approximate surface area is 161 Å². The predicted molar refractivity (Wildman–Crippen MR) is 105 cm³/mol. The van der Waals surface area contributed by atoms with Crippen LogP contribution in [0.1, 0.15) is 4.88 Å². The zero-order valence-electron chi connectivity index (χ0n) is 14.1. The van der Waals surface area contributed by atoms with Gasteiger partial charge in [-0.05, 0) is 37.3 Å². The molecule has 27 heavy (non-hydrogen) atoms. The van der Waals surface area contributed by atoms with E-state index >= 15 is 0 Å². The van der Waals surface area contributed by atoms with Gasteiger partial charge in [-0.2, -0.15) is 0 Å². The minimum Gasteiger partial charge on any atom is -0.300 e. The standard InChI is InChI=1S/C18H13FN4O2S2/c1-10-2-5-15(27-10)14-8-26-18(21-14)22-16(24)7-23-9-20-13-4-3-11(19)6-12(13)17(23)25/h2-6,8-9H,7H2,1H3,(H,21,22,24). The van der Waals surface area contributed by atoms with Crippen molar-refractivity contribution >= 4 is 44.6 Å². The van der Waals surface area contributed by atoms with Gasteiger partial charge >= 0.3 is 0 Å². The predicted octanol–water partition coefficient (Wildman–Crippen LogP) is 3.67. The van der Waals surface area contributed by atoms with Crippen molar-refractivity contribution in [2.75, 3.05) is 5.32 Å². The summed E-state index contributed by atoms with van der Waals surface area (Å²) in [5, 5.41) is 5.14. The molecule has 0 atom stereocenters. The third-order valence-electron chi connectivity index (χ3n) is 3.84. The number of thiazole rings is 1. The molecule has 4 aromatic rings. The largest absolute Gasteiger partial charge is 0.300 e. The molecule has 0 unspecified atom stereocenters. The molecular weight excluding hydrogens is 387 g/mol. The van der Waals surface area contributed by atoms with Crippen LogP contribution in [0.25, 0.3) is 21.5 Å². The Balaban J connectivity index is 1.51. The molecule has 0 saturated carbocycles. The number of rotatable bonds is 4. The smallest absolute Gasteiger partial charge is 0.261 e. The number of fused-ring (bicyclic) bond motifs is 1. The molecule has 3 heterocycles. The number of halogens is 1. The number of aryl methyl sites for hydroxylation is 1. The highest BCUT2D eigenvalue weighted by atomic mass is 32.1. The highest BCUT2D eigenvalue weighted by molar-refractivity contribution is 7.17. The maximum Gasteiger partial charge on any atom is 0.261 e. The minimum atomic E-state index is -0.525. The first-order valence-electron chi connectivity index (χ1n) is 7.96. The SMILES string of the molecule is Cc1ccc(-c2csc(NC(=O)Cn3cnc4ccc(F)cc4c3=O)n2)s1. The Hall–Kier alpha value is -2.91. The van der Waals surface area contributed by atoms with Crippen LogP contribution in [0.2, 0.25) is 0 Å². The average molecular weight is 400 g/mol. The summed E-state index contributed by atoms with van der Waals surface area (Å²) in [6, 6.07) is 7.79. The lowest BCUT2D eigenvalue weighted by atomic mass is 10.2. The monoisotopic (exact) mass is 400 g/mol. The maximum atomic E-state index is 13.4. The number of carbonyl (C=O) groups is 1. The Kier molecular flexibility index (Phi) is 4.54. The van der Waals surface area contributed by atoms with Crippen LogP contribution in [0.3, 0.4) is 0 Å². The van der Waals surface area contributed by atoms with Crippen LogP contribution in [0.4, 0.5) is 9.52 Å². The zero-order valence-corrected chi connectivity index (χ0v) is 15.7. The molecule has 1 N–H and O–H groups in total. The fraction of sp³-hybridized carbons (Fsp3) is 0.111. The molecule has 0 saturated heterocycles. The summed E-state index contributed by atoms with van der Waals surface area (Å²) in [4.78, 5) is 35.4. The minimum absolute atomic E-state index is 0.134. The van der Waals surface area contributed by atoms with E-state index in [1.165, 1.54) is 34.7 Å². The molecule has 136 valence electrons. The van der Waals surface area contributed by atoms with E-state index in [0.29, 0.717) is 10.6 Å². The zero-order chi connectivity index (χ0) is 19.0. The molecule has 9 heteroatoms. The number of carbonyl (C=O) groups excluding carboxylic acids is 1. The summed E-state index contributed by atoms with van der Waals surface area (Å²) in [5.41, 5.74) is 0.714. The van der Waals surface area contributed by atoms with Crippen LogP contribution in [0, 0.1) is 12.7 Å². The second kappa shape index (κ2) is 7.01. The van der Waals surface area contributed by atoms with Crippen molar-refractivity contribution < 1.29 is 9.18 Å². The lowest BCUT2D eigenvalue weighted by Crippen LogP contribution is -2.27. The molecule has 0 bridgehead atoms. The van der Waals surface area contributed by atoms with Crippen molar-refractivity contribution in [1.82, 2.24) is 14.5 Å². The van der Waals surface area contributed by atoms with E-state index in [-0.39, 0.29) is 11.9 Å². The number of nitrogens with one attached hydrogen (secondary N) is 1. The van der Waals surface area contributed by atoms with Crippen molar-refractivity contribution in [2.45, 2.75) is 13.5 Å². The molecule has 6 nitrogen and oxygen atoms in total. The molecule has 0 aliphatic heterocycles. The fourth-order valence-corrected chi connectivity index (χ4v) is 4.20. The van der Waals surface area contributed by atoms with Crippen LogP contribution in [-0.4, -0.2) is 20.4 Å². The number of hydrogen-bond acceptors (Lipinski definition) is 6.